The van der Waals surface area contributed by atoms with Crippen molar-refractivity contribution in [3.63, 3.8) is 0 Å². The first-order chi connectivity index (χ1) is 14.8. The van der Waals surface area contributed by atoms with E-state index in [1.165, 1.54) is 12.1 Å². The van der Waals surface area contributed by atoms with Crippen molar-refractivity contribution >= 4 is 30.0 Å². The zero-order valence-corrected chi connectivity index (χ0v) is 17.9. The van der Waals surface area contributed by atoms with Crippen LogP contribution in [0.25, 0.3) is 0 Å². The van der Waals surface area contributed by atoms with Crippen molar-refractivity contribution in [2.75, 3.05) is 10.2 Å². The lowest BCUT2D eigenvalue weighted by atomic mass is 9.76. The molecular weight excluding hydrogens is 394 g/mol. The van der Waals surface area contributed by atoms with Crippen LogP contribution in [0.1, 0.15) is 43.5 Å². The summed E-state index contributed by atoms with van der Waals surface area (Å²) in [6.45, 7) is 6.66. The highest BCUT2D eigenvalue weighted by molar-refractivity contribution is 6.59. The van der Waals surface area contributed by atoms with E-state index >= 15 is 0 Å². The van der Waals surface area contributed by atoms with E-state index in [-0.39, 0.29) is 17.8 Å². The molecule has 0 bridgehead atoms. The van der Waals surface area contributed by atoms with Crippen LogP contribution in [0.15, 0.2) is 48.5 Å². The molecule has 31 heavy (non-hydrogen) atoms. The molecule has 4 rings (SSSR count). The Kier molecular flexibility index (Phi) is 5.93. The van der Waals surface area contributed by atoms with Gasteiger partial charge in [0.1, 0.15) is 11.6 Å². The van der Waals surface area contributed by atoms with E-state index in [1.807, 2.05) is 29.2 Å². The van der Waals surface area contributed by atoms with Gasteiger partial charge in [-0.25, -0.2) is 9.37 Å². The summed E-state index contributed by atoms with van der Waals surface area (Å²) in [6.07, 6.45) is 0.671. The van der Waals surface area contributed by atoms with Crippen LogP contribution < -0.4 is 15.7 Å². The van der Waals surface area contributed by atoms with Gasteiger partial charge in [-0.15, -0.1) is 0 Å². The maximum absolute atomic E-state index is 13.5. The molecule has 1 aliphatic heterocycles. The summed E-state index contributed by atoms with van der Waals surface area (Å²) >= 11 is 0. The number of hydrogen-bond donors (Lipinski definition) is 3. The highest BCUT2D eigenvalue weighted by Crippen LogP contribution is 2.36. The Morgan fingerprint density at radius 1 is 1.16 bits per heavy atom. The van der Waals surface area contributed by atoms with E-state index < -0.39 is 7.12 Å². The topological polar surface area (TPSA) is 81.5 Å². The Morgan fingerprint density at radius 2 is 1.94 bits per heavy atom. The fourth-order valence-electron chi connectivity index (χ4n) is 4.00. The highest BCUT2D eigenvalue weighted by atomic mass is 19.1. The molecule has 1 aliphatic rings. The molecule has 0 amide bonds. The number of anilines is 3. The SMILES string of the molecule is CC(C)c1cc(NCc2cccc(F)c2)nc(N2c3cccc(B(O)O)c3CC2C)n1. The summed E-state index contributed by atoms with van der Waals surface area (Å²) in [5, 5.41) is 22.8. The lowest BCUT2D eigenvalue weighted by Crippen LogP contribution is -2.32. The Labute approximate surface area is 181 Å². The molecule has 3 N–H and O–H groups in total. The third kappa shape index (κ3) is 4.40. The van der Waals surface area contributed by atoms with Gasteiger partial charge in [0.05, 0.1) is 5.69 Å². The molecule has 8 heteroatoms. The molecule has 2 aromatic carbocycles. The summed E-state index contributed by atoms with van der Waals surface area (Å²) in [7, 11) is -1.52. The number of aromatic nitrogens is 2. The highest BCUT2D eigenvalue weighted by Gasteiger charge is 2.33. The van der Waals surface area contributed by atoms with Gasteiger partial charge in [-0.2, -0.15) is 4.98 Å². The zero-order chi connectivity index (χ0) is 22.1. The van der Waals surface area contributed by atoms with Gasteiger partial charge in [-0.05, 0) is 54.1 Å². The van der Waals surface area contributed by atoms with Crippen LogP contribution in [0, 0.1) is 5.82 Å². The van der Waals surface area contributed by atoms with Crippen molar-refractivity contribution in [3.8, 4) is 0 Å². The quantitative estimate of drug-likeness (QED) is 0.532. The second-order valence-corrected chi connectivity index (χ2v) is 8.26. The van der Waals surface area contributed by atoms with Gasteiger partial charge in [0.15, 0.2) is 0 Å². The van der Waals surface area contributed by atoms with Crippen LogP contribution in [0.5, 0.6) is 0 Å². The molecule has 1 atom stereocenters. The number of hydrogen-bond acceptors (Lipinski definition) is 6. The molecule has 2 heterocycles. The molecule has 0 spiro atoms. The Balaban J connectivity index is 1.70. The predicted molar refractivity (Wildman–Crippen MR) is 121 cm³/mol. The largest absolute Gasteiger partial charge is 0.488 e. The van der Waals surface area contributed by atoms with Gasteiger partial charge in [0.2, 0.25) is 5.95 Å². The monoisotopic (exact) mass is 420 g/mol. The maximum atomic E-state index is 13.5. The molecule has 0 saturated carbocycles. The van der Waals surface area contributed by atoms with Crippen molar-refractivity contribution in [1.29, 1.82) is 0 Å². The molecule has 0 saturated heterocycles. The van der Waals surface area contributed by atoms with Crippen LogP contribution in [0.3, 0.4) is 0 Å². The molecular formula is C23H26BFN4O2. The second kappa shape index (κ2) is 8.65. The lowest BCUT2D eigenvalue weighted by Gasteiger charge is -2.24. The number of benzene rings is 2. The predicted octanol–water partition coefficient (Wildman–Crippen LogP) is 3.11. The molecule has 0 radical (unpaired) electrons. The molecule has 160 valence electrons. The minimum atomic E-state index is -1.52. The Bertz CT molecular complexity index is 1090. The summed E-state index contributed by atoms with van der Waals surface area (Å²) in [5.74, 6) is 1.15. The van der Waals surface area contributed by atoms with Crippen molar-refractivity contribution in [3.05, 3.63) is 71.2 Å². The van der Waals surface area contributed by atoms with Crippen LogP contribution >= 0.6 is 0 Å². The molecule has 0 aliphatic carbocycles. The van der Waals surface area contributed by atoms with E-state index in [1.54, 1.807) is 12.1 Å². The van der Waals surface area contributed by atoms with Gasteiger partial charge in [-0.1, -0.05) is 38.1 Å². The molecule has 1 unspecified atom stereocenters. The molecule has 6 nitrogen and oxygen atoms in total. The first-order valence-electron chi connectivity index (χ1n) is 10.5. The van der Waals surface area contributed by atoms with Gasteiger partial charge >= 0.3 is 7.12 Å². The number of fused-ring (bicyclic) bond motifs is 1. The summed E-state index contributed by atoms with van der Waals surface area (Å²) < 4.78 is 13.5. The number of nitrogens with one attached hydrogen (secondary N) is 1. The average molecular weight is 420 g/mol. The molecule has 0 fully saturated rings. The van der Waals surface area contributed by atoms with Crippen molar-refractivity contribution in [1.82, 2.24) is 9.97 Å². The van der Waals surface area contributed by atoms with Crippen LogP contribution in [0.2, 0.25) is 0 Å². The van der Waals surface area contributed by atoms with Gasteiger partial charge in [0.25, 0.3) is 0 Å². The number of halogens is 1. The first kappa shape index (κ1) is 21.3. The third-order valence-electron chi connectivity index (χ3n) is 5.57. The van der Waals surface area contributed by atoms with Gasteiger partial charge in [-0.3, -0.25) is 0 Å². The standard InChI is InChI=1S/C23H26BFN4O2/c1-14(2)20-12-22(26-13-16-6-4-7-17(25)11-16)28-23(27-20)29-15(3)10-18-19(24(30)31)8-5-9-21(18)29/h4-9,11-12,14-15,30-31H,10,13H2,1-3H3,(H,26,27,28). The lowest BCUT2D eigenvalue weighted by molar-refractivity contribution is 0.425. The van der Waals surface area contributed by atoms with Crippen LogP contribution in [0.4, 0.5) is 21.8 Å². The smallest absolute Gasteiger partial charge is 0.423 e. The third-order valence-corrected chi connectivity index (χ3v) is 5.57. The van der Waals surface area contributed by atoms with Gasteiger partial charge < -0.3 is 20.3 Å². The fourth-order valence-corrected chi connectivity index (χ4v) is 4.00. The zero-order valence-electron chi connectivity index (χ0n) is 17.9. The van der Waals surface area contributed by atoms with Crippen molar-refractivity contribution in [2.24, 2.45) is 0 Å². The summed E-state index contributed by atoms with van der Waals surface area (Å²) in [4.78, 5) is 11.6. The first-order valence-corrected chi connectivity index (χ1v) is 10.5. The van der Waals surface area contributed by atoms with E-state index in [4.69, 9.17) is 9.97 Å². The Hall–Kier alpha value is -2.97. The maximum Gasteiger partial charge on any atom is 0.488 e. The van der Waals surface area contributed by atoms with Crippen molar-refractivity contribution < 1.29 is 14.4 Å². The van der Waals surface area contributed by atoms with E-state index in [0.29, 0.717) is 30.2 Å². The fraction of sp³-hybridized carbons (Fsp3) is 0.304. The average Bonchev–Trinajstić information content (AvgIpc) is 3.07. The summed E-state index contributed by atoms with van der Waals surface area (Å²) in [5.41, 5.74) is 4.02. The number of rotatable bonds is 6. The van der Waals surface area contributed by atoms with E-state index in [9.17, 15) is 14.4 Å². The minimum Gasteiger partial charge on any atom is -0.423 e. The normalized spacial score (nSPS) is 15.3. The van der Waals surface area contributed by atoms with Gasteiger partial charge in [0, 0.05) is 24.3 Å². The Morgan fingerprint density at radius 3 is 2.65 bits per heavy atom. The van der Waals surface area contributed by atoms with E-state index in [0.717, 1.165) is 22.5 Å². The van der Waals surface area contributed by atoms with Crippen molar-refractivity contribution in [2.45, 2.75) is 45.7 Å². The molecule has 3 aromatic rings. The summed E-state index contributed by atoms with van der Waals surface area (Å²) in [6, 6.07) is 14.0. The number of nitrogens with zero attached hydrogens (tertiary/aromatic N) is 3. The van der Waals surface area contributed by atoms with Crippen LogP contribution in [-0.4, -0.2) is 33.2 Å². The molecule has 1 aromatic heterocycles. The minimum absolute atomic E-state index is 0.0633. The van der Waals surface area contributed by atoms with E-state index in [2.05, 4.69) is 26.1 Å². The second-order valence-electron chi connectivity index (χ2n) is 8.26. The van der Waals surface area contributed by atoms with Crippen LogP contribution in [-0.2, 0) is 13.0 Å².